The van der Waals surface area contributed by atoms with Crippen LogP contribution in [0.3, 0.4) is 0 Å². The molecule has 0 spiro atoms. The number of hydrogen-bond acceptors (Lipinski definition) is 5. The first-order valence-electron chi connectivity index (χ1n) is 5.49. The maximum absolute atomic E-state index is 11.4. The number of aliphatic hydroxyl groups is 1. The fourth-order valence-corrected chi connectivity index (χ4v) is 2.48. The normalized spacial score (nSPS) is 12.0. The molecule has 1 rings (SSSR count). The van der Waals surface area contributed by atoms with Crippen LogP contribution in [0.2, 0.25) is 5.15 Å². The van der Waals surface area contributed by atoms with Crippen LogP contribution in [-0.4, -0.2) is 41.9 Å². The average Bonchev–Trinajstić information content (AvgIpc) is 2.63. The van der Waals surface area contributed by atoms with E-state index in [2.05, 4.69) is 5.10 Å². The van der Waals surface area contributed by atoms with Crippen molar-refractivity contribution in [2.75, 3.05) is 18.6 Å². The van der Waals surface area contributed by atoms with Gasteiger partial charge in [0.15, 0.2) is 9.84 Å². The van der Waals surface area contributed by atoms with E-state index in [4.69, 9.17) is 16.3 Å². The number of methoxy groups -OCH3 is 1. The zero-order valence-electron chi connectivity index (χ0n) is 10.4. The number of halogens is 1. The van der Waals surface area contributed by atoms with Crippen LogP contribution in [0.25, 0.3) is 0 Å². The summed E-state index contributed by atoms with van der Waals surface area (Å²) in [5, 5.41) is 13.6. The quantitative estimate of drug-likeness (QED) is 0.797. The molecule has 1 aromatic heterocycles. The lowest BCUT2D eigenvalue weighted by Crippen LogP contribution is -2.15. The van der Waals surface area contributed by atoms with Crippen molar-refractivity contribution in [1.29, 1.82) is 0 Å². The average molecular weight is 297 g/mol. The first-order chi connectivity index (χ1) is 8.45. The Kier molecular flexibility index (Phi) is 5.58. The molecule has 0 atom stereocenters. The first-order valence-corrected chi connectivity index (χ1v) is 7.69. The van der Waals surface area contributed by atoms with Gasteiger partial charge in [-0.15, -0.1) is 0 Å². The Morgan fingerprint density at radius 1 is 1.50 bits per heavy atom. The lowest BCUT2D eigenvalue weighted by Gasteiger charge is -2.03. The standard InChI is InChI=1S/C10H17ClN2O4S/c1-3-18(15,16)5-4-13-10(11)8(6-14)9(12-13)7-17-2/h14H,3-7H2,1-2H3. The van der Waals surface area contributed by atoms with E-state index in [1.165, 1.54) is 11.8 Å². The Hall–Kier alpha value is -0.630. The second-order valence-corrected chi connectivity index (χ2v) is 6.60. The molecular weight excluding hydrogens is 280 g/mol. The lowest BCUT2D eigenvalue weighted by molar-refractivity contribution is 0.177. The van der Waals surface area contributed by atoms with E-state index in [0.717, 1.165) is 0 Å². The van der Waals surface area contributed by atoms with Crippen molar-refractivity contribution < 1.29 is 18.3 Å². The molecule has 0 radical (unpaired) electrons. The minimum Gasteiger partial charge on any atom is -0.391 e. The Bertz CT molecular complexity index is 498. The lowest BCUT2D eigenvalue weighted by atomic mass is 10.3. The summed E-state index contributed by atoms with van der Waals surface area (Å²) in [7, 11) is -1.56. The van der Waals surface area contributed by atoms with Crippen LogP contribution in [0, 0.1) is 0 Å². The van der Waals surface area contributed by atoms with Crippen LogP contribution < -0.4 is 0 Å². The van der Waals surface area contributed by atoms with Crippen LogP contribution in [0.15, 0.2) is 0 Å². The highest BCUT2D eigenvalue weighted by molar-refractivity contribution is 7.91. The van der Waals surface area contributed by atoms with E-state index in [9.17, 15) is 13.5 Å². The van der Waals surface area contributed by atoms with Crippen molar-refractivity contribution in [2.24, 2.45) is 0 Å². The second kappa shape index (κ2) is 6.51. The van der Waals surface area contributed by atoms with Gasteiger partial charge < -0.3 is 9.84 Å². The summed E-state index contributed by atoms with van der Waals surface area (Å²) in [6, 6.07) is 0. The van der Waals surface area contributed by atoms with Gasteiger partial charge in [0.2, 0.25) is 0 Å². The molecule has 0 aliphatic rings. The largest absolute Gasteiger partial charge is 0.391 e. The maximum atomic E-state index is 11.4. The molecule has 0 bridgehead atoms. The SMILES string of the molecule is CCS(=O)(=O)CCn1nc(COC)c(CO)c1Cl. The number of nitrogens with zero attached hydrogens (tertiary/aromatic N) is 2. The molecule has 1 heterocycles. The van der Waals surface area contributed by atoms with Crippen LogP contribution in [0.5, 0.6) is 0 Å². The van der Waals surface area contributed by atoms with Crippen molar-refractivity contribution in [3.63, 3.8) is 0 Å². The van der Waals surface area contributed by atoms with Gasteiger partial charge in [0, 0.05) is 18.4 Å². The number of aromatic nitrogens is 2. The van der Waals surface area contributed by atoms with E-state index in [-0.39, 0.29) is 36.4 Å². The van der Waals surface area contributed by atoms with Gasteiger partial charge in [-0.3, -0.25) is 4.68 Å². The summed E-state index contributed by atoms with van der Waals surface area (Å²) in [6.45, 7) is 1.74. The topological polar surface area (TPSA) is 81.4 Å². The molecule has 0 saturated heterocycles. The van der Waals surface area contributed by atoms with Crippen molar-refractivity contribution in [1.82, 2.24) is 9.78 Å². The molecule has 0 saturated carbocycles. The summed E-state index contributed by atoms with van der Waals surface area (Å²) in [4.78, 5) is 0. The molecule has 0 fully saturated rings. The van der Waals surface area contributed by atoms with E-state index in [0.29, 0.717) is 11.3 Å². The van der Waals surface area contributed by atoms with Crippen LogP contribution in [0.1, 0.15) is 18.2 Å². The third-order valence-electron chi connectivity index (χ3n) is 2.56. The van der Waals surface area contributed by atoms with E-state index in [1.807, 2.05) is 0 Å². The van der Waals surface area contributed by atoms with Gasteiger partial charge in [0.05, 0.1) is 31.2 Å². The predicted octanol–water partition coefficient (Wildman–Crippen LogP) is 0.610. The molecule has 0 aliphatic carbocycles. The second-order valence-electron chi connectivity index (χ2n) is 3.77. The zero-order valence-corrected chi connectivity index (χ0v) is 12.0. The molecule has 8 heteroatoms. The third-order valence-corrected chi connectivity index (χ3v) is 4.67. The van der Waals surface area contributed by atoms with Crippen molar-refractivity contribution in [2.45, 2.75) is 26.7 Å². The van der Waals surface area contributed by atoms with Gasteiger partial charge >= 0.3 is 0 Å². The van der Waals surface area contributed by atoms with E-state index in [1.54, 1.807) is 6.92 Å². The monoisotopic (exact) mass is 296 g/mol. The van der Waals surface area contributed by atoms with Gasteiger partial charge in [-0.05, 0) is 0 Å². The van der Waals surface area contributed by atoms with Crippen LogP contribution >= 0.6 is 11.6 Å². The van der Waals surface area contributed by atoms with Gasteiger partial charge in [-0.25, -0.2) is 8.42 Å². The molecule has 6 nitrogen and oxygen atoms in total. The highest BCUT2D eigenvalue weighted by atomic mass is 35.5. The Labute approximate surface area is 111 Å². The Morgan fingerprint density at radius 2 is 2.17 bits per heavy atom. The predicted molar refractivity (Wildman–Crippen MR) is 68.2 cm³/mol. The molecule has 104 valence electrons. The highest BCUT2D eigenvalue weighted by Gasteiger charge is 2.17. The number of aryl methyl sites for hydroxylation is 1. The van der Waals surface area contributed by atoms with Crippen molar-refractivity contribution in [3.05, 3.63) is 16.4 Å². The molecule has 0 aliphatic heterocycles. The third kappa shape index (κ3) is 3.68. The summed E-state index contributed by atoms with van der Waals surface area (Å²) in [5.41, 5.74) is 1.01. The molecule has 0 amide bonds. The minimum atomic E-state index is -3.07. The van der Waals surface area contributed by atoms with Gasteiger partial charge in [-0.1, -0.05) is 18.5 Å². The molecule has 0 aromatic carbocycles. The van der Waals surface area contributed by atoms with Gasteiger partial charge in [0.1, 0.15) is 5.15 Å². The number of hydrogen-bond donors (Lipinski definition) is 1. The zero-order chi connectivity index (χ0) is 13.8. The summed E-state index contributed by atoms with van der Waals surface area (Å²) in [6.07, 6.45) is 0. The Balaban J connectivity index is 2.90. The van der Waals surface area contributed by atoms with Gasteiger partial charge in [-0.2, -0.15) is 5.10 Å². The highest BCUT2D eigenvalue weighted by Crippen LogP contribution is 2.21. The van der Waals surface area contributed by atoms with Crippen molar-refractivity contribution >= 4 is 21.4 Å². The molecule has 0 unspecified atom stereocenters. The van der Waals surface area contributed by atoms with Crippen LogP contribution in [0.4, 0.5) is 0 Å². The van der Waals surface area contributed by atoms with Crippen molar-refractivity contribution in [3.8, 4) is 0 Å². The first kappa shape index (κ1) is 15.4. The molecule has 1 aromatic rings. The number of rotatable bonds is 7. The molecule has 1 N–H and O–H groups in total. The summed E-state index contributed by atoms with van der Waals surface area (Å²) in [5.74, 6) is 0.0614. The minimum absolute atomic E-state index is 0.0256. The molecule has 18 heavy (non-hydrogen) atoms. The van der Waals surface area contributed by atoms with Crippen LogP contribution in [-0.2, 0) is 34.3 Å². The number of ether oxygens (including phenoxy) is 1. The maximum Gasteiger partial charge on any atom is 0.151 e. The Morgan fingerprint density at radius 3 is 2.67 bits per heavy atom. The van der Waals surface area contributed by atoms with E-state index >= 15 is 0 Å². The van der Waals surface area contributed by atoms with E-state index < -0.39 is 9.84 Å². The van der Waals surface area contributed by atoms with Gasteiger partial charge in [0.25, 0.3) is 0 Å². The number of sulfone groups is 1. The smallest absolute Gasteiger partial charge is 0.151 e. The fraction of sp³-hybridized carbons (Fsp3) is 0.700. The summed E-state index contributed by atoms with van der Waals surface area (Å²) < 4.78 is 29.2. The fourth-order valence-electron chi connectivity index (χ4n) is 1.45. The number of aliphatic hydroxyl groups excluding tert-OH is 1. The summed E-state index contributed by atoms with van der Waals surface area (Å²) >= 11 is 6.03. The molecular formula is C10H17ClN2O4S.